The Hall–Kier alpha value is -1.55. The molecule has 0 spiro atoms. The molecule has 1 aromatic rings. The van der Waals surface area contributed by atoms with Crippen LogP contribution in [0.25, 0.3) is 0 Å². The Kier molecular flexibility index (Phi) is 6.52. The zero-order chi connectivity index (χ0) is 15.1. The van der Waals surface area contributed by atoms with E-state index in [-0.39, 0.29) is 0 Å². The quantitative estimate of drug-likeness (QED) is 0.567. The van der Waals surface area contributed by atoms with Crippen LogP contribution in [0.2, 0.25) is 0 Å². The van der Waals surface area contributed by atoms with E-state index < -0.39 is 5.91 Å². The standard InChI is InChI=1S/C16H27N3O/c1-4-5-6-9-19(12(2)3)11-14-8-7-13(16(18)20)10-15(14)17/h7-8,10,12H,4-6,9,11,17H2,1-3H3,(H2,18,20). The van der Waals surface area contributed by atoms with Crippen LogP contribution in [0, 0.1) is 0 Å². The SMILES string of the molecule is CCCCCN(Cc1ccc(C(N)=O)cc1N)C(C)C. The van der Waals surface area contributed by atoms with Gasteiger partial charge in [-0.15, -0.1) is 0 Å². The highest BCUT2D eigenvalue weighted by molar-refractivity contribution is 5.93. The van der Waals surface area contributed by atoms with Crippen LogP contribution in [0.4, 0.5) is 5.69 Å². The van der Waals surface area contributed by atoms with Gasteiger partial charge in [-0.2, -0.15) is 0 Å². The van der Waals surface area contributed by atoms with E-state index >= 15 is 0 Å². The maximum Gasteiger partial charge on any atom is 0.248 e. The summed E-state index contributed by atoms with van der Waals surface area (Å²) >= 11 is 0. The molecule has 1 amide bonds. The fourth-order valence-corrected chi connectivity index (χ4v) is 2.20. The molecule has 1 aromatic carbocycles. The normalized spacial score (nSPS) is 11.2. The van der Waals surface area contributed by atoms with Crippen molar-refractivity contribution in [1.82, 2.24) is 4.90 Å². The van der Waals surface area contributed by atoms with Crippen LogP contribution in [-0.2, 0) is 6.54 Å². The summed E-state index contributed by atoms with van der Waals surface area (Å²) in [6, 6.07) is 5.80. The largest absolute Gasteiger partial charge is 0.398 e. The van der Waals surface area contributed by atoms with Gasteiger partial charge in [0, 0.05) is 23.8 Å². The fourth-order valence-electron chi connectivity index (χ4n) is 2.20. The average Bonchev–Trinajstić information content (AvgIpc) is 2.39. The van der Waals surface area contributed by atoms with E-state index in [9.17, 15) is 4.79 Å². The van der Waals surface area contributed by atoms with Crippen LogP contribution in [0.5, 0.6) is 0 Å². The Morgan fingerprint density at radius 3 is 2.50 bits per heavy atom. The second kappa shape index (κ2) is 7.90. The third-order valence-corrected chi connectivity index (χ3v) is 3.58. The smallest absolute Gasteiger partial charge is 0.248 e. The van der Waals surface area contributed by atoms with Crippen LogP contribution in [0.3, 0.4) is 0 Å². The molecular formula is C16H27N3O. The molecule has 0 unspecified atom stereocenters. The number of carbonyl (C=O) groups is 1. The highest BCUT2D eigenvalue weighted by Crippen LogP contribution is 2.18. The van der Waals surface area contributed by atoms with Crippen LogP contribution in [-0.4, -0.2) is 23.4 Å². The van der Waals surface area contributed by atoms with E-state index in [4.69, 9.17) is 11.5 Å². The number of anilines is 1. The summed E-state index contributed by atoms with van der Waals surface area (Å²) in [4.78, 5) is 13.5. The summed E-state index contributed by atoms with van der Waals surface area (Å²) in [6.45, 7) is 8.48. The topological polar surface area (TPSA) is 72.3 Å². The first-order valence-electron chi connectivity index (χ1n) is 7.38. The molecule has 20 heavy (non-hydrogen) atoms. The molecule has 4 nitrogen and oxygen atoms in total. The summed E-state index contributed by atoms with van der Waals surface area (Å²) in [7, 11) is 0. The number of rotatable bonds is 8. The maximum atomic E-state index is 11.1. The van der Waals surface area contributed by atoms with Crippen molar-refractivity contribution in [2.75, 3.05) is 12.3 Å². The average molecular weight is 277 g/mol. The molecule has 0 saturated carbocycles. The molecule has 0 radical (unpaired) electrons. The van der Waals surface area contributed by atoms with E-state index in [2.05, 4.69) is 25.7 Å². The Morgan fingerprint density at radius 2 is 2.00 bits per heavy atom. The zero-order valence-corrected chi connectivity index (χ0v) is 12.9. The summed E-state index contributed by atoms with van der Waals surface area (Å²) < 4.78 is 0. The second-order valence-electron chi connectivity index (χ2n) is 5.55. The third-order valence-electron chi connectivity index (χ3n) is 3.58. The highest BCUT2D eigenvalue weighted by atomic mass is 16.1. The lowest BCUT2D eigenvalue weighted by molar-refractivity contribution is 0.100. The van der Waals surface area contributed by atoms with Gasteiger partial charge in [0.2, 0.25) is 5.91 Å². The molecule has 112 valence electrons. The van der Waals surface area contributed by atoms with Gasteiger partial charge in [0.05, 0.1) is 0 Å². The minimum absolute atomic E-state index is 0.438. The summed E-state index contributed by atoms with van der Waals surface area (Å²) in [5.41, 5.74) is 13.4. The van der Waals surface area contributed by atoms with Gasteiger partial charge in [0.25, 0.3) is 0 Å². The Labute approximate surface area is 122 Å². The van der Waals surface area contributed by atoms with E-state index in [1.807, 2.05) is 6.07 Å². The van der Waals surface area contributed by atoms with Crippen LogP contribution < -0.4 is 11.5 Å². The van der Waals surface area contributed by atoms with Gasteiger partial charge in [-0.05, 0) is 44.5 Å². The van der Waals surface area contributed by atoms with Gasteiger partial charge in [0.15, 0.2) is 0 Å². The molecule has 0 aliphatic rings. The number of nitrogens with zero attached hydrogens (tertiary/aromatic N) is 1. The number of nitrogen functional groups attached to an aromatic ring is 1. The molecule has 0 atom stereocenters. The lowest BCUT2D eigenvalue weighted by Crippen LogP contribution is -2.31. The summed E-state index contributed by atoms with van der Waals surface area (Å²) in [5, 5.41) is 0. The van der Waals surface area contributed by atoms with Gasteiger partial charge < -0.3 is 11.5 Å². The first kappa shape index (κ1) is 16.5. The third kappa shape index (κ3) is 4.85. The lowest BCUT2D eigenvalue weighted by Gasteiger charge is -2.27. The number of nitrogens with two attached hydrogens (primary N) is 2. The summed E-state index contributed by atoms with van der Waals surface area (Å²) in [6.07, 6.45) is 3.68. The van der Waals surface area contributed by atoms with Crippen molar-refractivity contribution in [3.63, 3.8) is 0 Å². The number of primary amides is 1. The number of hydrogen-bond acceptors (Lipinski definition) is 3. The number of unbranched alkanes of at least 4 members (excludes halogenated alkanes) is 2. The van der Waals surface area contributed by atoms with E-state index in [0.29, 0.717) is 17.3 Å². The number of carbonyl (C=O) groups excluding carboxylic acids is 1. The number of amides is 1. The molecule has 0 fully saturated rings. The highest BCUT2D eigenvalue weighted by Gasteiger charge is 2.12. The van der Waals surface area contributed by atoms with Crippen LogP contribution in [0.1, 0.15) is 56.0 Å². The van der Waals surface area contributed by atoms with E-state index in [0.717, 1.165) is 18.7 Å². The first-order chi connectivity index (χ1) is 9.45. The predicted molar refractivity (Wildman–Crippen MR) is 84.4 cm³/mol. The molecule has 0 heterocycles. The maximum absolute atomic E-state index is 11.1. The van der Waals surface area contributed by atoms with Crippen molar-refractivity contribution < 1.29 is 4.79 Å². The Bertz CT molecular complexity index is 443. The zero-order valence-electron chi connectivity index (χ0n) is 12.9. The minimum atomic E-state index is -0.438. The number of benzene rings is 1. The molecule has 0 saturated heterocycles. The van der Waals surface area contributed by atoms with Gasteiger partial charge >= 0.3 is 0 Å². The molecule has 0 aliphatic heterocycles. The molecular weight excluding hydrogens is 250 g/mol. The Balaban J connectivity index is 2.75. The van der Waals surface area contributed by atoms with Gasteiger partial charge in [-0.3, -0.25) is 9.69 Å². The van der Waals surface area contributed by atoms with E-state index in [1.165, 1.54) is 19.3 Å². The van der Waals surface area contributed by atoms with Crippen LogP contribution in [0.15, 0.2) is 18.2 Å². The number of hydrogen-bond donors (Lipinski definition) is 2. The van der Waals surface area contributed by atoms with Crippen molar-refractivity contribution >= 4 is 11.6 Å². The molecule has 4 heteroatoms. The fraction of sp³-hybridized carbons (Fsp3) is 0.562. The molecule has 4 N–H and O–H groups in total. The van der Waals surface area contributed by atoms with Crippen molar-refractivity contribution in [1.29, 1.82) is 0 Å². The first-order valence-corrected chi connectivity index (χ1v) is 7.38. The molecule has 1 rings (SSSR count). The molecule has 0 aliphatic carbocycles. The van der Waals surface area contributed by atoms with E-state index in [1.54, 1.807) is 12.1 Å². The van der Waals surface area contributed by atoms with Crippen molar-refractivity contribution in [2.45, 2.75) is 52.6 Å². The molecule has 0 aromatic heterocycles. The Morgan fingerprint density at radius 1 is 1.30 bits per heavy atom. The lowest BCUT2D eigenvalue weighted by atomic mass is 10.1. The minimum Gasteiger partial charge on any atom is -0.398 e. The molecule has 0 bridgehead atoms. The van der Waals surface area contributed by atoms with Gasteiger partial charge in [-0.1, -0.05) is 25.8 Å². The van der Waals surface area contributed by atoms with Crippen molar-refractivity contribution in [2.24, 2.45) is 5.73 Å². The second-order valence-corrected chi connectivity index (χ2v) is 5.55. The predicted octanol–water partition coefficient (Wildman–Crippen LogP) is 2.77. The van der Waals surface area contributed by atoms with Gasteiger partial charge in [0.1, 0.15) is 0 Å². The van der Waals surface area contributed by atoms with Gasteiger partial charge in [-0.25, -0.2) is 0 Å². The monoisotopic (exact) mass is 277 g/mol. The summed E-state index contributed by atoms with van der Waals surface area (Å²) in [5.74, 6) is -0.438. The van der Waals surface area contributed by atoms with Crippen molar-refractivity contribution in [3.05, 3.63) is 29.3 Å². The van der Waals surface area contributed by atoms with Crippen LogP contribution >= 0.6 is 0 Å². The van der Waals surface area contributed by atoms with Crippen molar-refractivity contribution in [3.8, 4) is 0 Å².